The van der Waals surface area contributed by atoms with Crippen LogP contribution in [0, 0.1) is 5.82 Å². The summed E-state index contributed by atoms with van der Waals surface area (Å²) in [5, 5.41) is 2.41. The van der Waals surface area contributed by atoms with E-state index in [-0.39, 0.29) is 11.5 Å². The monoisotopic (exact) mass is 432 g/mol. The Morgan fingerprint density at radius 1 is 1.03 bits per heavy atom. The molecule has 0 aliphatic carbocycles. The second-order valence-electron chi connectivity index (χ2n) is 6.19. The molecule has 0 bridgehead atoms. The molecule has 10 heteroatoms. The number of ether oxygens (including phenoxy) is 1. The summed E-state index contributed by atoms with van der Waals surface area (Å²) >= 11 is 2.63. The van der Waals surface area contributed by atoms with E-state index in [0.29, 0.717) is 18.1 Å². The predicted molar refractivity (Wildman–Crippen MR) is 110 cm³/mol. The smallest absolute Gasteiger partial charge is 0.289 e. The first-order valence-corrected chi connectivity index (χ1v) is 10.5. The van der Waals surface area contributed by atoms with Crippen molar-refractivity contribution in [3.63, 3.8) is 0 Å². The van der Waals surface area contributed by atoms with Gasteiger partial charge in [0.25, 0.3) is 11.8 Å². The van der Waals surface area contributed by atoms with E-state index in [2.05, 4.69) is 20.7 Å². The van der Waals surface area contributed by atoms with Crippen molar-refractivity contribution in [3.8, 4) is 10.4 Å². The number of hydrogen-bond acceptors (Lipinski definition) is 7. The average molecular weight is 433 g/mol. The summed E-state index contributed by atoms with van der Waals surface area (Å²) in [7, 11) is 0. The highest BCUT2D eigenvalue weighted by atomic mass is 32.1. The van der Waals surface area contributed by atoms with Gasteiger partial charge in [-0.05, 0) is 29.8 Å². The largest absolute Gasteiger partial charge is 0.378 e. The molecular formula is C19H17FN4O3S2. The van der Waals surface area contributed by atoms with Crippen molar-refractivity contribution in [3.05, 3.63) is 58.2 Å². The standard InChI is InChI=1S/C19H17FN4O3S2/c20-13-3-1-12(2-4-13)15-5-6-16(29-15)18(26)23-22-17(25)14-11-28-19(21-14)24-7-9-27-10-8-24/h1-6,11H,7-10H2,(H,22,25)(H,23,26). The first kappa shape index (κ1) is 19.5. The van der Waals surface area contributed by atoms with Gasteiger partial charge in [-0.3, -0.25) is 20.4 Å². The Bertz CT molecular complexity index is 1010. The van der Waals surface area contributed by atoms with E-state index in [0.717, 1.165) is 28.7 Å². The summed E-state index contributed by atoms with van der Waals surface area (Å²) in [6.45, 7) is 2.75. The van der Waals surface area contributed by atoms with E-state index < -0.39 is 11.8 Å². The Labute approximate surface area is 174 Å². The maximum absolute atomic E-state index is 13.0. The van der Waals surface area contributed by atoms with Crippen LogP contribution in [0.4, 0.5) is 9.52 Å². The molecule has 1 fully saturated rings. The van der Waals surface area contributed by atoms with Crippen molar-refractivity contribution < 1.29 is 18.7 Å². The lowest BCUT2D eigenvalue weighted by molar-refractivity contribution is 0.0846. The highest BCUT2D eigenvalue weighted by molar-refractivity contribution is 7.17. The van der Waals surface area contributed by atoms with Gasteiger partial charge in [-0.25, -0.2) is 9.37 Å². The molecule has 3 aromatic rings. The molecule has 3 heterocycles. The second-order valence-corrected chi connectivity index (χ2v) is 8.11. The lowest BCUT2D eigenvalue weighted by Gasteiger charge is -2.25. The Hall–Kier alpha value is -2.82. The summed E-state index contributed by atoms with van der Waals surface area (Å²) in [5.41, 5.74) is 5.85. The Kier molecular flexibility index (Phi) is 5.84. The van der Waals surface area contributed by atoms with Crippen molar-refractivity contribution in [2.75, 3.05) is 31.2 Å². The number of amides is 2. The van der Waals surface area contributed by atoms with Crippen molar-refractivity contribution >= 4 is 39.6 Å². The van der Waals surface area contributed by atoms with E-state index in [1.807, 2.05) is 0 Å². The number of halogens is 1. The number of morpholine rings is 1. The zero-order chi connectivity index (χ0) is 20.2. The number of hydrazine groups is 1. The van der Waals surface area contributed by atoms with Gasteiger partial charge < -0.3 is 9.64 Å². The SMILES string of the molecule is O=C(NNC(=O)c1ccc(-c2ccc(F)cc2)s1)c1csc(N2CCOCC2)n1. The second kappa shape index (κ2) is 8.68. The van der Waals surface area contributed by atoms with Gasteiger partial charge in [-0.2, -0.15) is 0 Å². The van der Waals surface area contributed by atoms with E-state index in [4.69, 9.17) is 4.74 Å². The highest BCUT2D eigenvalue weighted by Crippen LogP contribution is 2.28. The molecule has 1 aliphatic rings. The van der Waals surface area contributed by atoms with Crippen molar-refractivity contribution in [2.45, 2.75) is 0 Å². The number of anilines is 1. The maximum atomic E-state index is 13.0. The lowest BCUT2D eigenvalue weighted by Crippen LogP contribution is -2.41. The summed E-state index contributed by atoms with van der Waals surface area (Å²) in [4.78, 5) is 32.2. The van der Waals surface area contributed by atoms with Crippen LogP contribution < -0.4 is 15.8 Å². The first-order chi connectivity index (χ1) is 14.1. The van der Waals surface area contributed by atoms with Crippen LogP contribution in [0.15, 0.2) is 41.8 Å². The minimum Gasteiger partial charge on any atom is -0.378 e. The molecule has 1 aromatic carbocycles. The van der Waals surface area contributed by atoms with Gasteiger partial charge in [0.05, 0.1) is 18.1 Å². The van der Waals surface area contributed by atoms with Crippen molar-refractivity contribution in [2.24, 2.45) is 0 Å². The quantitative estimate of drug-likeness (QED) is 0.620. The molecule has 4 rings (SSSR count). The number of carbonyl (C=O) groups is 2. The van der Waals surface area contributed by atoms with Gasteiger partial charge in [0, 0.05) is 23.3 Å². The third kappa shape index (κ3) is 4.61. The van der Waals surface area contributed by atoms with Crippen LogP contribution in [0.5, 0.6) is 0 Å². The number of rotatable bonds is 4. The van der Waals surface area contributed by atoms with E-state index in [1.54, 1.807) is 29.6 Å². The van der Waals surface area contributed by atoms with Gasteiger partial charge in [0.15, 0.2) is 5.13 Å². The van der Waals surface area contributed by atoms with E-state index in [9.17, 15) is 14.0 Å². The fourth-order valence-corrected chi connectivity index (χ4v) is 4.50. The molecule has 0 spiro atoms. The van der Waals surface area contributed by atoms with Crippen LogP contribution >= 0.6 is 22.7 Å². The molecule has 29 heavy (non-hydrogen) atoms. The molecule has 0 radical (unpaired) electrons. The summed E-state index contributed by atoms with van der Waals surface area (Å²) in [6, 6.07) is 9.48. The molecule has 0 saturated carbocycles. The number of aromatic nitrogens is 1. The Morgan fingerprint density at radius 3 is 2.52 bits per heavy atom. The molecule has 2 aromatic heterocycles. The third-order valence-electron chi connectivity index (χ3n) is 4.25. The summed E-state index contributed by atoms with van der Waals surface area (Å²) < 4.78 is 18.4. The number of hydrogen-bond donors (Lipinski definition) is 2. The van der Waals surface area contributed by atoms with E-state index >= 15 is 0 Å². The van der Waals surface area contributed by atoms with Gasteiger partial charge in [-0.15, -0.1) is 22.7 Å². The average Bonchev–Trinajstić information content (AvgIpc) is 3.43. The van der Waals surface area contributed by atoms with Crippen LogP contribution in [0.3, 0.4) is 0 Å². The van der Waals surface area contributed by atoms with Crippen molar-refractivity contribution in [1.82, 2.24) is 15.8 Å². The van der Waals surface area contributed by atoms with Gasteiger partial charge in [0.1, 0.15) is 11.5 Å². The van der Waals surface area contributed by atoms with Gasteiger partial charge in [-0.1, -0.05) is 12.1 Å². The molecule has 2 N–H and O–H groups in total. The van der Waals surface area contributed by atoms with E-state index in [1.165, 1.54) is 34.8 Å². The maximum Gasteiger partial charge on any atom is 0.289 e. The van der Waals surface area contributed by atoms with Crippen LogP contribution in [-0.4, -0.2) is 43.1 Å². The van der Waals surface area contributed by atoms with Gasteiger partial charge in [0.2, 0.25) is 0 Å². The minimum absolute atomic E-state index is 0.245. The minimum atomic E-state index is -0.482. The van der Waals surface area contributed by atoms with Crippen LogP contribution in [-0.2, 0) is 4.74 Å². The fraction of sp³-hybridized carbons (Fsp3) is 0.211. The predicted octanol–water partition coefficient (Wildman–Crippen LogP) is 2.92. The highest BCUT2D eigenvalue weighted by Gasteiger charge is 2.18. The zero-order valence-corrected chi connectivity index (χ0v) is 16.8. The number of carbonyl (C=O) groups excluding carboxylic acids is 2. The van der Waals surface area contributed by atoms with Crippen LogP contribution in [0.25, 0.3) is 10.4 Å². The number of thiophene rings is 1. The summed E-state index contributed by atoms with van der Waals surface area (Å²) in [5.74, 6) is -1.23. The molecule has 0 atom stereocenters. The number of nitrogens with zero attached hydrogens (tertiary/aromatic N) is 2. The molecular weight excluding hydrogens is 415 g/mol. The molecule has 1 saturated heterocycles. The zero-order valence-electron chi connectivity index (χ0n) is 15.2. The fourth-order valence-electron chi connectivity index (χ4n) is 2.74. The normalized spacial score (nSPS) is 13.9. The number of thiazole rings is 1. The lowest BCUT2D eigenvalue weighted by atomic mass is 10.2. The van der Waals surface area contributed by atoms with Gasteiger partial charge >= 0.3 is 0 Å². The first-order valence-electron chi connectivity index (χ1n) is 8.85. The Balaban J connectivity index is 1.34. The Morgan fingerprint density at radius 2 is 1.76 bits per heavy atom. The number of benzene rings is 1. The molecule has 2 amide bonds. The summed E-state index contributed by atoms with van der Waals surface area (Å²) in [6.07, 6.45) is 0. The van der Waals surface area contributed by atoms with Crippen molar-refractivity contribution in [1.29, 1.82) is 0 Å². The number of nitrogens with one attached hydrogen (secondary N) is 2. The molecule has 1 aliphatic heterocycles. The molecule has 0 unspecified atom stereocenters. The molecule has 150 valence electrons. The third-order valence-corrected chi connectivity index (χ3v) is 6.29. The molecule has 7 nitrogen and oxygen atoms in total. The van der Waals surface area contributed by atoms with Crippen LogP contribution in [0.1, 0.15) is 20.2 Å². The topological polar surface area (TPSA) is 83.6 Å². The van der Waals surface area contributed by atoms with Crippen LogP contribution in [0.2, 0.25) is 0 Å².